The van der Waals surface area contributed by atoms with E-state index in [4.69, 9.17) is 0 Å². The van der Waals surface area contributed by atoms with Crippen molar-refractivity contribution in [2.45, 2.75) is 39.3 Å². The van der Waals surface area contributed by atoms with Gasteiger partial charge < -0.3 is 4.90 Å². The lowest BCUT2D eigenvalue weighted by atomic mass is 10.1. The molecule has 0 amide bonds. The van der Waals surface area contributed by atoms with Gasteiger partial charge in [0.15, 0.2) is 0 Å². The molecule has 2 aromatic heterocycles. The summed E-state index contributed by atoms with van der Waals surface area (Å²) in [6.45, 7) is 3.72. The molecule has 0 saturated carbocycles. The highest BCUT2D eigenvalue weighted by Crippen LogP contribution is 2.23. The second-order valence-electron chi connectivity index (χ2n) is 7.19. The number of nitrogens with zero attached hydrogens (tertiary/aromatic N) is 6. The van der Waals surface area contributed by atoms with E-state index in [9.17, 15) is 14.4 Å². The SMILES string of the molecule is CC#CCn1c(N2CCCCC2)nc2cnn(Cc3c(F)cccc3C#N)c(=O)c21. The Labute approximate surface area is 173 Å². The zero-order valence-electron chi connectivity index (χ0n) is 16.7. The molecule has 0 bridgehead atoms. The molecule has 4 rings (SSSR count). The highest BCUT2D eigenvalue weighted by Gasteiger charge is 2.22. The number of anilines is 1. The fourth-order valence-corrected chi connectivity index (χ4v) is 3.80. The van der Waals surface area contributed by atoms with E-state index < -0.39 is 5.82 Å². The minimum absolute atomic E-state index is 0.131. The van der Waals surface area contributed by atoms with E-state index in [1.807, 2.05) is 10.6 Å². The summed E-state index contributed by atoms with van der Waals surface area (Å²) < 4.78 is 17.3. The zero-order chi connectivity index (χ0) is 21.1. The van der Waals surface area contributed by atoms with Crippen molar-refractivity contribution in [2.75, 3.05) is 18.0 Å². The summed E-state index contributed by atoms with van der Waals surface area (Å²) in [6.07, 6.45) is 4.86. The van der Waals surface area contributed by atoms with Crippen LogP contribution in [0, 0.1) is 29.0 Å². The summed E-state index contributed by atoms with van der Waals surface area (Å²) in [5.41, 5.74) is 0.827. The van der Waals surface area contributed by atoms with E-state index in [0.717, 1.165) is 25.9 Å². The molecule has 3 heterocycles. The molecular weight excluding hydrogens is 383 g/mol. The fraction of sp³-hybridized carbons (Fsp3) is 0.364. The van der Waals surface area contributed by atoms with E-state index in [2.05, 4.69) is 26.8 Å². The van der Waals surface area contributed by atoms with Crippen LogP contribution in [-0.2, 0) is 13.1 Å². The third-order valence-corrected chi connectivity index (χ3v) is 5.33. The number of aromatic nitrogens is 4. The molecule has 7 nitrogen and oxygen atoms in total. The minimum atomic E-state index is -0.540. The van der Waals surface area contributed by atoms with Gasteiger partial charge in [-0.3, -0.25) is 9.36 Å². The molecule has 0 N–H and O–H groups in total. The number of hydrogen-bond donors (Lipinski definition) is 0. The molecule has 1 aliphatic rings. The molecule has 0 atom stereocenters. The van der Waals surface area contributed by atoms with Crippen molar-refractivity contribution < 1.29 is 4.39 Å². The molecule has 152 valence electrons. The number of fused-ring (bicyclic) bond motifs is 1. The topological polar surface area (TPSA) is 79.7 Å². The Hall–Kier alpha value is -3.65. The van der Waals surface area contributed by atoms with Crippen LogP contribution in [0.25, 0.3) is 11.0 Å². The Kier molecular flexibility index (Phi) is 5.49. The number of nitriles is 1. The third kappa shape index (κ3) is 3.53. The van der Waals surface area contributed by atoms with E-state index >= 15 is 0 Å². The number of benzene rings is 1. The van der Waals surface area contributed by atoms with Gasteiger partial charge in [0.05, 0.1) is 30.9 Å². The molecule has 0 spiro atoms. The lowest BCUT2D eigenvalue weighted by Crippen LogP contribution is -2.32. The van der Waals surface area contributed by atoms with E-state index in [1.54, 1.807) is 6.92 Å². The van der Waals surface area contributed by atoms with Crippen LogP contribution in [0.15, 0.2) is 29.2 Å². The summed E-state index contributed by atoms with van der Waals surface area (Å²) in [6, 6.07) is 6.24. The van der Waals surface area contributed by atoms with Crippen molar-refractivity contribution in [3.05, 3.63) is 51.7 Å². The van der Waals surface area contributed by atoms with Gasteiger partial charge in [-0.1, -0.05) is 12.0 Å². The van der Waals surface area contributed by atoms with Gasteiger partial charge in [-0.2, -0.15) is 10.4 Å². The molecule has 1 aromatic carbocycles. The second-order valence-corrected chi connectivity index (χ2v) is 7.19. The zero-order valence-corrected chi connectivity index (χ0v) is 16.7. The molecule has 30 heavy (non-hydrogen) atoms. The van der Waals surface area contributed by atoms with Gasteiger partial charge in [0.1, 0.15) is 16.9 Å². The van der Waals surface area contributed by atoms with Crippen molar-refractivity contribution in [3.8, 4) is 17.9 Å². The van der Waals surface area contributed by atoms with Gasteiger partial charge in [-0.15, -0.1) is 5.92 Å². The normalized spacial score (nSPS) is 13.7. The van der Waals surface area contributed by atoms with E-state index in [-0.39, 0.29) is 23.2 Å². The average molecular weight is 404 g/mol. The number of piperidine rings is 1. The Morgan fingerprint density at radius 1 is 1.23 bits per heavy atom. The summed E-state index contributed by atoms with van der Waals surface area (Å²) >= 11 is 0. The van der Waals surface area contributed by atoms with Gasteiger partial charge in [0, 0.05) is 18.7 Å². The van der Waals surface area contributed by atoms with Gasteiger partial charge in [0.2, 0.25) is 5.95 Å². The standard InChI is InChI=1S/C22H21FN6O/c1-2-3-12-28-20-19(26-22(28)27-10-5-4-6-11-27)14-25-29(21(20)30)15-17-16(13-24)8-7-9-18(17)23/h7-9,14H,4-6,10-12,15H2,1H3. The first kappa shape index (κ1) is 19.7. The van der Waals surface area contributed by atoms with Crippen LogP contribution in [0.2, 0.25) is 0 Å². The van der Waals surface area contributed by atoms with Crippen LogP contribution < -0.4 is 10.5 Å². The Morgan fingerprint density at radius 2 is 2.03 bits per heavy atom. The smallest absolute Gasteiger partial charge is 0.293 e. The van der Waals surface area contributed by atoms with E-state index in [0.29, 0.717) is 23.5 Å². The lowest BCUT2D eigenvalue weighted by molar-refractivity contribution is 0.560. The number of imidazole rings is 1. The molecule has 8 heteroatoms. The third-order valence-electron chi connectivity index (χ3n) is 5.33. The number of halogens is 1. The quantitative estimate of drug-likeness (QED) is 0.625. The molecule has 0 aliphatic carbocycles. The van der Waals surface area contributed by atoms with Crippen molar-refractivity contribution in [1.29, 1.82) is 5.26 Å². The molecular formula is C22H21FN6O. The van der Waals surface area contributed by atoms with Crippen LogP contribution in [0.1, 0.15) is 37.3 Å². The Balaban J connectivity index is 1.84. The van der Waals surface area contributed by atoms with Gasteiger partial charge in [-0.25, -0.2) is 14.1 Å². The molecule has 3 aromatic rings. The van der Waals surface area contributed by atoms with E-state index in [1.165, 1.54) is 35.5 Å². The Morgan fingerprint density at radius 3 is 2.77 bits per heavy atom. The van der Waals surface area contributed by atoms with Crippen LogP contribution in [0.5, 0.6) is 0 Å². The summed E-state index contributed by atoms with van der Waals surface area (Å²) in [4.78, 5) is 20.1. The number of rotatable bonds is 4. The van der Waals surface area contributed by atoms with Crippen LogP contribution in [-0.4, -0.2) is 32.4 Å². The number of hydrogen-bond acceptors (Lipinski definition) is 5. The lowest BCUT2D eigenvalue weighted by Gasteiger charge is -2.27. The predicted molar refractivity (Wildman–Crippen MR) is 112 cm³/mol. The van der Waals surface area contributed by atoms with Gasteiger partial charge in [0.25, 0.3) is 5.56 Å². The van der Waals surface area contributed by atoms with Gasteiger partial charge >= 0.3 is 0 Å². The van der Waals surface area contributed by atoms with Crippen molar-refractivity contribution in [2.24, 2.45) is 0 Å². The van der Waals surface area contributed by atoms with Crippen LogP contribution in [0.3, 0.4) is 0 Å². The highest BCUT2D eigenvalue weighted by atomic mass is 19.1. The largest absolute Gasteiger partial charge is 0.342 e. The summed E-state index contributed by atoms with van der Waals surface area (Å²) in [5, 5.41) is 13.5. The fourth-order valence-electron chi connectivity index (χ4n) is 3.80. The first-order chi connectivity index (χ1) is 14.6. The maximum atomic E-state index is 14.3. The summed E-state index contributed by atoms with van der Waals surface area (Å²) in [7, 11) is 0. The first-order valence-electron chi connectivity index (χ1n) is 9.92. The predicted octanol–water partition coefficient (Wildman–Crippen LogP) is 2.67. The monoisotopic (exact) mass is 404 g/mol. The molecule has 1 fully saturated rings. The second kappa shape index (κ2) is 8.38. The molecule has 0 radical (unpaired) electrons. The maximum Gasteiger partial charge on any atom is 0.293 e. The molecule has 0 unspecified atom stereocenters. The van der Waals surface area contributed by atoms with Crippen molar-refractivity contribution in [1.82, 2.24) is 19.3 Å². The Bertz CT molecular complexity index is 1250. The van der Waals surface area contributed by atoms with Crippen molar-refractivity contribution in [3.63, 3.8) is 0 Å². The highest BCUT2D eigenvalue weighted by molar-refractivity contribution is 5.77. The first-order valence-corrected chi connectivity index (χ1v) is 9.92. The van der Waals surface area contributed by atoms with Crippen LogP contribution in [0.4, 0.5) is 10.3 Å². The van der Waals surface area contributed by atoms with Crippen LogP contribution >= 0.6 is 0 Å². The molecule has 1 aliphatic heterocycles. The van der Waals surface area contributed by atoms with Gasteiger partial charge in [-0.05, 0) is 38.3 Å². The molecule has 1 saturated heterocycles. The van der Waals surface area contributed by atoms with Crippen molar-refractivity contribution >= 4 is 17.0 Å². The summed E-state index contributed by atoms with van der Waals surface area (Å²) in [5.74, 6) is 6.07. The maximum absolute atomic E-state index is 14.3. The minimum Gasteiger partial charge on any atom is -0.342 e. The average Bonchev–Trinajstić information content (AvgIpc) is 3.15.